The van der Waals surface area contributed by atoms with Crippen LogP contribution in [0.1, 0.15) is 20.7 Å². The summed E-state index contributed by atoms with van der Waals surface area (Å²) in [4.78, 5) is 71.0. The molecule has 14 nitrogen and oxygen atoms in total. The number of ether oxygens (including phenoxy) is 2. The van der Waals surface area contributed by atoms with Gasteiger partial charge in [0.15, 0.2) is 0 Å². The van der Waals surface area contributed by atoms with E-state index in [0.717, 1.165) is 0 Å². The Labute approximate surface area is 243 Å². The van der Waals surface area contributed by atoms with Crippen molar-refractivity contribution < 1.29 is 38.2 Å². The number of nitrogens with one attached hydrogen (secondary N) is 6. The smallest absolute Gasteiger partial charge is 0.251 e. The van der Waals surface area contributed by atoms with Gasteiger partial charge in [0.2, 0.25) is 23.6 Å². The Morgan fingerprint density at radius 1 is 0.429 bits per heavy atom. The molecule has 6 N–H and O–H groups in total. The first kappa shape index (κ1) is 33.4. The Morgan fingerprint density at radius 2 is 0.762 bits per heavy atom. The minimum Gasteiger partial charge on any atom is -0.377 e. The van der Waals surface area contributed by atoms with Crippen molar-refractivity contribution in [2.75, 3.05) is 65.7 Å². The lowest BCUT2D eigenvalue weighted by atomic mass is 10.2. The molecule has 6 amide bonds. The highest BCUT2D eigenvalue weighted by molar-refractivity contribution is 5.97. The van der Waals surface area contributed by atoms with Gasteiger partial charge < -0.3 is 41.4 Å². The monoisotopic (exact) mass is 584 g/mol. The topological polar surface area (TPSA) is 193 Å². The van der Waals surface area contributed by atoms with Gasteiger partial charge in [-0.1, -0.05) is 36.4 Å². The Hall–Kier alpha value is -4.82. The van der Waals surface area contributed by atoms with Crippen molar-refractivity contribution in [2.24, 2.45) is 0 Å². The molecule has 0 spiro atoms. The van der Waals surface area contributed by atoms with Gasteiger partial charge >= 0.3 is 0 Å². The van der Waals surface area contributed by atoms with Crippen LogP contribution in [-0.2, 0) is 28.7 Å². The average molecular weight is 585 g/mol. The molecule has 0 radical (unpaired) electrons. The first-order valence-corrected chi connectivity index (χ1v) is 13.2. The van der Waals surface area contributed by atoms with E-state index in [9.17, 15) is 28.8 Å². The summed E-state index contributed by atoms with van der Waals surface area (Å²) in [5.74, 6) is -2.55. The lowest BCUT2D eigenvalue weighted by molar-refractivity contribution is -0.125. The standard InChI is InChI=1S/C28H36N6O8/c35-23(17-31-25(37)19-33-27(39)21-7-3-1-4-8-21)29-11-13-41-15-16-42-14-12-30-24(36)18-32-26(38)20-34-28(40)22-9-5-2-6-10-22/h1-10H,11-20H2,(H,29,35)(H,30,36)(H,31,37)(H,32,38)(H,33,39)(H,34,40). The summed E-state index contributed by atoms with van der Waals surface area (Å²) in [6.45, 7) is 0.512. The zero-order valence-corrected chi connectivity index (χ0v) is 23.1. The van der Waals surface area contributed by atoms with E-state index in [1.807, 2.05) is 0 Å². The molecular formula is C28H36N6O8. The SMILES string of the molecule is O=C(CNC(=O)CNC(=O)c1ccccc1)NCCOCCOCCNC(=O)CNC(=O)CNC(=O)c1ccccc1. The number of carbonyl (C=O) groups is 6. The second kappa shape index (κ2) is 20.1. The summed E-state index contributed by atoms with van der Waals surface area (Å²) in [5.41, 5.74) is 0.866. The molecule has 0 saturated heterocycles. The van der Waals surface area contributed by atoms with Crippen LogP contribution in [0.15, 0.2) is 60.7 Å². The van der Waals surface area contributed by atoms with Crippen LogP contribution in [0.5, 0.6) is 0 Å². The highest BCUT2D eigenvalue weighted by Gasteiger charge is 2.10. The van der Waals surface area contributed by atoms with Gasteiger partial charge in [-0.05, 0) is 24.3 Å². The van der Waals surface area contributed by atoms with E-state index < -0.39 is 23.6 Å². The maximum atomic E-state index is 11.9. The summed E-state index contributed by atoms with van der Waals surface area (Å²) >= 11 is 0. The number of carbonyl (C=O) groups excluding carboxylic acids is 6. The van der Waals surface area contributed by atoms with Crippen LogP contribution in [0.3, 0.4) is 0 Å². The molecular weight excluding hydrogens is 548 g/mol. The van der Waals surface area contributed by atoms with E-state index in [-0.39, 0.29) is 77.5 Å². The Morgan fingerprint density at radius 3 is 1.14 bits per heavy atom. The van der Waals surface area contributed by atoms with E-state index in [2.05, 4.69) is 31.9 Å². The molecule has 0 aliphatic heterocycles. The van der Waals surface area contributed by atoms with Crippen LogP contribution in [0.2, 0.25) is 0 Å². The third kappa shape index (κ3) is 15.1. The fraction of sp³-hybridized carbons (Fsp3) is 0.357. The minimum absolute atomic E-state index is 0.233. The average Bonchev–Trinajstić information content (AvgIpc) is 3.02. The quantitative estimate of drug-likeness (QED) is 0.106. The molecule has 0 heterocycles. The molecule has 0 saturated carbocycles. The molecule has 0 aliphatic rings. The summed E-state index contributed by atoms with van der Waals surface area (Å²) in [6, 6.07) is 16.9. The molecule has 0 fully saturated rings. The van der Waals surface area contributed by atoms with E-state index >= 15 is 0 Å². The van der Waals surface area contributed by atoms with Crippen LogP contribution in [0, 0.1) is 0 Å². The van der Waals surface area contributed by atoms with Gasteiger partial charge in [0.05, 0.1) is 52.6 Å². The highest BCUT2D eigenvalue weighted by Crippen LogP contribution is 1.98. The molecule has 0 atom stereocenters. The number of hydrogen-bond acceptors (Lipinski definition) is 8. The molecule has 226 valence electrons. The van der Waals surface area contributed by atoms with E-state index in [1.54, 1.807) is 60.7 Å². The number of rotatable bonds is 19. The summed E-state index contributed by atoms with van der Waals surface area (Å²) in [7, 11) is 0. The van der Waals surface area contributed by atoms with Gasteiger partial charge in [-0.25, -0.2) is 0 Å². The van der Waals surface area contributed by atoms with Gasteiger partial charge in [0, 0.05) is 24.2 Å². The molecule has 0 bridgehead atoms. The Kier molecular flexibility index (Phi) is 16.0. The summed E-state index contributed by atoms with van der Waals surface area (Å²) in [5, 5.41) is 14.9. The second-order valence-electron chi connectivity index (χ2n) is 8.58. The lowest BCUT2D eigenvalue weighted by Crippen LogP contribution is -2.42. The zero-order valence-electron chi connectivity index (χ0n) is 23.1. The third-order valence-corrected chi connectivity index (χ3v) is 5.29. The van der Waals surface area contributed by atoms with Crippen molar-refractivity contribution >= 4 is 35.4 Å². The third-order valence-electron chi connectivity index (χ3n) is 5.29. The second-order valence-corrected chi connectivity index (χ2v) is 8.58. The number of hydrogen-bond donors (Lipinski definition) is 6. The van der Waals surface area contributed by atoms with Crippen molar-refractivity contribution in [1.29, 1.82) is 0 Å². The molecule has 0 aliphatic carbocycles. The maximum Gasteiger partial charge on any atom is 0.251 e. The molecule has 2 aromatic rings. The van der Waals surface area contributed by atoms with Crippen molar-refractivity contribution in [3.8, 4) is 0 Å². The lowest BCUT2D eigenvalue weighted by Gasteiger charge is -2.09. The van der Waals surface area contributed by atoms with Gasteiger partial charge in [-0.3, -0.25) is 28.8 Å². The predicted molar refractivity (Wildman–Crippen MR) is 151 cm³/mol. The fourth-order valence-electron chi connectivity index (χ4n) is 3.16. The number of amides is 6. The maximum absolute atomic E-state index is 11.9. The van der Waals surface area contributed by atoms with Gasteiger partial charge in [0.1, 0.15) is 0 Å². The van der Waals surface area contributed by atoms with E-state index in [0.29, 0.717) is 11.1 Å². The Bertz CT molecular complexity index is 1070. The molecule has 0 unspecified atom stereocenters. The first-order valence-electron chi connectivity index (χ1n) is 13.2. The van der Waals surface area contributed by atoms with E-state index in [1.165, 1.54) is 0 Å². The van der Waals surface area contributed by atoms with Crippen molar-refractivity contribution in [3.63, 3.8) is 0 Å². The Balaban J connectivity index is 1.36. The molecule has 42 heavy (non-hydrogen) atoms. The molecule has 0 aromatic heterocycles. The summed E-state index contributed by atoms with van der Waals surface area (Å²) < 4.78 is 10.7. The van der Waals surface area contributed by atoms with Crippen LogP contribution < -0.4 is 31.9 Å². The van der Waals surface area contributed by atoms with Crippen molar-refractivity contribution in [2.45, 2.75) is 0 Å². The van der Waals surface area contributed by atoms with Crippen LogP contribution in [-0.4, -0.2) is 101 Å². The normalized spacial score (nSPS) is 10.2. The van der Waals surface area contributed by atoms with Crippen LogP contribution >= 0.6 is 0 Å². The fourth-order valence-corrected chi connectivity index (χ4v) is 3.16. The van der Waals surface area contributed by atoms with Gasteiger partial charge in [0.25, 0.3) is 11.8 Å². The van der Waals surface area contributed by atoms with E-state index in [4.69, 9.17) is 9.47 Å². The first-order chi connectivity index (χ1) is 20.3. The van der Waals surface area contributed by atoms with Crippen LogP contribution in [0.4, 0.5) is 0 Å². The van der Waals surface area contributed by atoms with Crippen molar-refractivity contribution in [3.05, 3.63) is 71.8 Å². The highest BCUT2D eigenvalue weighted by atomic mass is 16.5. The van der Waals surface area contributed by atoms with Gasteiger partial charge in [-0.15, -0.1) is 0 Å². The minimum atomic E-state index is -0.492. The predicted octanol–water partition coefficient (Wildman–Crippen LogP) is -1.66. The van der Waals surface area contributed by atoms with Crippen LogP contribution in [0.25, 0.3) is 0 Å². The zero-order chi connectivity index (χ0) is 30.4. The van der Waals surface area contributed by atoms with Gasteiger partial charge in [-0.2, -0.15) is 0 Å². The summed E-state index contributed by atoms with van der Waals surface area (Å²) in [6.07, 6.45) is 0. The van der Waals surface area contributed by atoms with Crippen molar-refractivity contribution in [1.82, 2.24) is 31.9 Å². The largest absolute Gasteiger partial charge is 0.377 e. The molecule has 2 rings (SSSR count). The molecule has 2 aromatic carbocycles. The number of benzene rings is 2. The molecule has 14 heteroatoms.